The SMILES string of the molecule is CCN(CC)S(=O)(=O)c1cccc(NC(=O)COc2cccc([N+](=O)[O-])c2)c1. The van der Waals surface area contributed by atoms with Gasteiger partial charge in [-0.25, -0.2) is 8.42 Å². The fourth-order valence-electron chi connectivity index (χ4n) is 2.48. The summed E-state index contributed by atoms with van der Waals surface area (Å²) in [5.41, 5.74) is 0.160. The quantitative estimate of drug-likeness (QED) is 0.504. The number of non-ortho nitro benzene ring substituents is 1. The number of nitro groups is 1. The van der Waals surface area contributed by atoms with Gasteiger partial charge >= 0.3 is 0 Å². The molecule has 0 aliphatic rings. The molecule has 150 valence electrons. The molecule has 2 aromatic rings. The molecule has 9 nitrogen and oxygen atoms in total. The second-order valence-electron chi connectivity index (χ2n) is 5.71. The molecule has 0 bridgehead atoms. The molecule has 0 aliphatic heterocycles. The number of amides is 1. The Morgan fingerprint density at radius 1 is 1.14 bits per heavy atom. The van der Waals surface area contributed by atoms with E-state index in [-0.39, 0.29) is 22.9 Å². The Morgan fingerprint density at radius 2 is 1.82 bits per heavy atom. The van der Waals surface area contributed by atoms with Gasteiger partial charge in [0.1, 0.15) is 5.75 Å². The lowest BCUT2D eigenvalue weighted by atomic mass is 10.3. The fraction of sp³-hybridized carbons (Fsp3) is 0.278. The second kappa shape index (κ2) is 9.29. The molecule has 28 heavy (non-hydrogen) atoms. The molecule has 2 aromatic carbocycles. The summed E-state index contributed by atoms with van der Waals surface area (Å²) < 4.78 is 31.7. The van der Waals surface area contributed by atoms with Gasteiger partial charge in [-0.05, 0) is 24.3 Å². The molecule has 0 aromatic heterocycles. The number of ether oxygens (including phenoxy) is 1. The van der Waals surface area contributed by atoms with Crippen LogP contribution in [0, 0.1) is 10.1 Å². The second-order valence-corrected chi connectivity index (χ2v) is 7.65. The highest BCUT2D eigenvalue weighted by Crippen LogP contribution is 2.21. The molecule has 2 rings (SSSR count). The maximum atomic E-state index is 12.6. The van der Waals surface area contributed by atoms with E-state index in [2.05, 4.69) is 5.32 Å². The standard InChI is InChI=1S/C18H21N3O6S/c1-3-20(4-2)28(25,26)17-10-5-7-14(11-17)19-18(22)13-27-16-9-6-8-15(12-16)21(23)24/h5-12H,3-4,13H2,1-2H3,(H,19,22). The van der Waals surface area contributed by atoms with Gasteiger partial charge in [0.2, 0.25) is 10.0 Å². The Bertz CT molecular complexity index is 957. The largest absolute Gasteiger partial charge is 0.484 e. The minimum atomic E-state index is -3.64. The highest BCUT2D eigenvalue weighted by molar-refractivity contribution is 7.89. The zero-order valence-electron chi connectivity index (χ0n) is 15.5. The number of nitrogens with one attached hydrogen (secondary N) is 1. The molecule has 0 atom stereocenters. The molecule has 0 aliphatic carbocycles. The number of anilines is 1. The highest BCUT2D eigenvalue weighted by Gasteiger charge is 2.21. The van der Waals surface area contributed by atoms with E-state index < -0.39 is 20.9 Å². The maximum Gasteiger partial charge on any atom is 0.273 e. The van der Waals surface area contributed by atoms with Crippen molar-refractivity contribution < 1.29 is 22.9 Å². The third-order valence-electron chi connectivity index (χ3n) is 3.86. The van der Waals surface area contributed by atoms with Gasteiger partial charge in [-0.2, -0.15) is 4.31 Å². The third-order valence-corrected chi connectivity index (χ3v) is 5.91. The van der Waals surface area contributed by atoms with Crippen LogP contribution in [0.3, 0.4) is 0 Å². The Labute approximate surface area is 163 Å². The first-order valence-corrected chi connectivity index (χ1v) is 9.99. The number of nitro benzene ring substituents is 1. The number of rotatable bonds is 9. The zero-order valence-corrected chi connectivity index (χ0v) is 16.3. The summed E-state index contributed by atoms with van der Waals surface area (Å²) in [7, 11) is -3.64. The summed E-state index contributed by atoms with van der Waals surface area (Å²) in [6.45, 7) is 3.79. The van der Waals surface area contributed by atoms with Crippen LogP contribution < -0.4 is 10.1 Å². The van der Waals surface area contributed by atoms with Gasteiger partial charge in [0.25, 0.3) is 11.6 Å². The van der Waals surface area contributed by atoms with E-state index in [1.54, 1.807) is 19.9 Å². The van der Waals surface area contributed by atoms with Crippen molar-refractivity contribution in [2.75, 3.05) is 25.0 Å². The summed E-state index contributed by atoms with van der Waals surface area (Å²) >= 11 is 0. The highest BCUT2D eigenvalue weighted by atomic mass is 32.2. The zero-order chi connectivity index (χ0) is 20.7. The van der Waals surface area contributed by atoms with E-state index in [9.17, 15) is 23.3 Å². The number of carbonyl (C=O) groups is 1. The van der Waals surface area contributed by atoms with Crippen molar-refractivity contribution in [1.29, 1.82) is 0 Å². The monoisotopic (exact) mass is 407 g/mol. The van der Waals surface area contributed by atoms with E-state index >= 15 is 0 Å². The summed E-state index contributed by atoms with van der Waals surface area (Å²) in [4.78, 5) is 22.4. The number of hydrogen-bond donors (Lipinski definition) is 1. The molecule has 10 heteroatoms. The van der Waals surface area contributed by atoms with E-state index in [0.717, 1.165) is 0 Å². The molecule has 0 radical (unpaired) electrons. The average Bonchev–Trinajstić information content (AvgIpc) is 2.67. The fourth-order valence-corrected chi connectivity index (χ4v) is 3.98. The Morgan fingerprint density at radius 3 is 2.46 bits per heavy atom. The van der Waals surface area contributed by atoms with Crippen molar-refractivity contribution in [2.24, 2.45) is 0 Å². The lowest BCUT2D eigenvalue weighted by Crippen LogP contribution is -2.30. The summed E-state index contributed by atoms with van der Waals surface area (Å²) in [5, 5.41) is 13.3. The van der Waals surface area contributed by atoms with Crippen LogP contribution in [0.1, 0.15) is 13.8 Å². The van der Waals surface area contributed by atoms with Gasteiger partial charge in [-0.3, -0.25) is 14.9 Å². The van der Waals surface area contributed by atoms with Crippen LogP contribution in [0.25, 0.3) is 0 Å². The molecule has 1 amide bonds. The normalized spacial score (nSPS) is 11.2. The van der Waals surface area contributed by atoms with Crippen molar-refractivity contribution >= 4 is 27.3 Å². The molecule has 0 saturated heterocycles. The average molecular weight is 407 g/mol. The van der Waals surface area contributed by atoms with E-state index in [1.807, 2.05) is 0 Å². The maximum absolute atomic E-state index is 12.6. The Kier molecular flexibility index (Phi) is 7.07. The van der Waals surface area contributed by atoms with Crippen molar-refractivity contribution in [2.45, 2.75) is 18.7 Å². The van der Waals surface area contributed by atoms with Gasteiger partial charge in [0, 0.05) is 24.8 Å². The molecule has 1 N–H and O–H groups in total. The third kappa shape index (κ3) is 5.27. The number of nitrogens with zero attached hydrogens (tertiary/aromatic N) is 2. The lowest BCUT2D eigenvalue weighted by molar-refractivity contribution is -0.384. The first-order chi connectivity index (χ1) is 13.3. The van der Waals surface area contributed by atoms with Crippen molar-refractivity contribution in [3.63, 3.8) is 0 Å². The van der Waals surface area contributed by atoms with Gasteiger partial charge in [-0.15, -0.1) is 0 Å². The summed E-state index contributed by atoms with van der Waals surface area (Å²) in [6.07, 6.45) is 0. The van der Waals surface area contributed by atoms with Crippen LogP contribution in [-0.2, 0) is 14.8 Å². The van der Waals surface area contributed by atoms with Crippen LogP contribution in [0.5, 0.6) is 5.75 Å². The molecule has 0 unspecified atom stereocenters. The number of carbonyl (C=O) groups excluding carboxylic acids is 1. The number of sulfonamides is 1. The molecule has 0 fully saturated rings. The minimum absolute atomic E-state index is 0.0774. The van der Waals surface area contributed by atoms with E-state index in [4.69, 9.17) is 4.74 Å². The molecule has 0 heterocycles. The molecular weight excluding hydrogens is 386 g/mol. The predicted molar refractivity (Wildman–Crippen MR) is 104 cm³/mol. The Balaban J connectivity index is 2.05. The van der Waals surface area contributed by atoms with Gasteiger partial charge in [0.15, 0.2) is 6.61 Å². The van der Waals surface area contributed by atoms with Gasteiger partial charge in [-0.1, -0.05) is 26.0 Å². The molecule has 0 spiro atoms. The molecular formula is C18H21N3O6S. The van der Waals surface area contributed by atoms with Crippen molar-refractivity contribution in [3.05, 3.63) is 58.6 Å². The van der Waals surface area contributed by atoms with Gasteiger partial charge in [0.05, 0.1) is 15.9 Å². The van der Waals surface area contributed by atoms with Crippen LogP contribution in [0.4, 0.5) is 11.4 Å². The number of hydrogen-bond acceptors (Lipinski definition) is 6. The van der Waals surface area contributed by atoms with Gasteiger partial charge < -0.3 is 10.1 Å². The topological polar surface area (TPSA) is 119 Å². The van der Waals surface area contributed by atoms with Crippen LogP contribution >= 0.6 is 0 Å². The molecule has 0 saturated carbocycles. The minimum Gasteiger partial charge on any atom is -0.484 e. The van der Waals surface area contributed by atoms with E-state index in [0.29, 0.717) is 18.8 Å². The smallest absolute Gasteiger partial charge is 0.273 e. The first kappa shape index (κ1) is 21.3. The number of benzene rings is 2. The summed E-state index contributed by atoms with van der Waals surface area (Å²) in [5.74, 6) is -0.342. The lowest BCUT2D eigenvalue weighted by Gasteiger charge is -2.18. The van der Waals surface area contributed by atoms with Crippen LogP contribution in [0.2, 0.25) is 0 Å². The first-order valence-electron chi connectivity index (χ1n) is 8.55. The van der Waals surface area contributed by atoms with E-state index in [1.165, 1.54) is 46.8 Å². The Hall–Kier alpha value is -2.98. The van der Waals surface area contributed by atoms with Crippen LogP contribution in [0.15, 0.2) is 53.4 Å². The van der Waals surface area contributed by atoms with Crippen LogP contribution in [-0.4, -0.2) is 43.2 Å². The predicted octanol–water partition coefficient (Wildman–Crippen LogP) is 2.64. The van der Waals surface area contributed by atoms with Crippen molar-refractivity contribution in [3.8, 4) is 5.75 Å². The summed E-state index contributed by atoms with van der Waals surface area (Å²) in [6, 6.07) is 11.4. The van der Waals surface area contributed by atoms with Crippen molar-refractivity contribution in [1.82, 2.24) is 4.31 Å².